The molecule has 3 rings (SSSR count). The number of hydrogen-bond acceptors (Lipinski definition) is 6. The molecular formula is C19H21ClN4O3S. The predicted molar refractivity (Wildman–Crippen MR) is 112 cm³/mol. The SMILES string of the molecule is COc1ccc(NS(=O)(=O)c2cccc(N)n2)nc1-c1c(C)cccc1C.Cl. The fourth-order valence-corrected chi connectivity index (χ4v) is 3.78. The lowest BCUT2D eigenvalue weighted by Crippen LogP contribution is -2.16. The van der Waals surface area contributed by atoms with Crippen LogP contribution in [-0.4, -0.2) is 25.5 Å². The molecule has 0 aliphatic heterocycles. The largest absolute Gasteiger partial charge is 0.494 e. The van der Waals surface area contributed by atoms with E-state index in [2.05, 4.69) is 14.7 Å². The number of benzene rings is 1. The van der Waals surface area contributed by atoms with Gasteiger partial charge in [0.25, 0.3) is 10.0 Å². The zero-order valence-corrected chi connectivity index (χ0v) is 17.3. The topological polar surface area (TPSA) is 107 Å². The molecule has 0 aliphatic carbocycles. The van der Waals surface area contributed by atoms with Crippen molar-refractivity contribution in [2.75, 3.05) is 17.6 Å². The first-order chi connectivity index (χ1) is 12.8. The number of nitrogens with one attached hydrogen (secondary N) is 1. The van der Waals surface area contributed by atoms with E-state index in [1.165, 1.54) is 18.2 Å². The standard InChI is InChI=1S/C19H20N4O3S.ClH/c1-12-6-4-7-13(2)18(12)19-14(26-3)10-11-16(22-19)23-27(24,25)17-9-5-8-15(20)21-17;/h4-11H,1-3H3,(H2,20,21)(H,22,23);1H. The van der Waals surface area contributed by atoms with E-state index in [1.807, 2.05) is 32.0 Å². The minimum Gasteiger partial charge on any atom is -0.494 e. The number of ether oxygens (including phenoxy) is 1. The Morgan fingerprint density at radius 2 is 1.61 bits per heavy atom. The molecule has 2 heterocycles. The van der Waals surface area contributed by atoms with Crippen LogP contribution in [0.1, 0.15) is 11.1 Å². The summed E-state index contributed by atoms with van der Waals surface area (Å²) in [6.07, 6.45) is 0. The highest BCUT2D eigenvalue weighted by Gasteiger charge is 2.19. The second kappa shape index (κ2) is 8.45. The Kier molecular flexibility index (Phi) is 6.48. The van der Waals surface area contributed by atoms with Crippen LogP contribution >= 0.6 is 12.4 Å². The predicted octanol–water partition coefficient (Wildman–Crippen LogP) is 3.57. The molecule has 0 aliphatic rings. The van der Waals surface area contributed by atoms with Gasteiger partial charge in [0.15, 0.2) is 5.03 Å². The lowest BCUT2D eigenvalue weighted by atomic mass is 9.99. The second-order valence-corrected chi connectivity index (χ2v) is 7.65. The number of aryl methyl sites for hydroxylation is 2. The molecule has 9 heteroatoms. The summed E-state index contributed by atoms with van der Waals surface area (Å²) in [5, 5.41) is -0.172. The van der Waals surface area contributed by atoms with Gasteiger partial charge in [-0.15, -0.1) is 12.4 Å². The van der Waals surface area contributed by atoms with Crippen molar-refractivity contribution in [3.8, 4) is 17.0 Å². The maximum absolute atomic E-state index is 12.6. The number of nitrogens with zero attached hydrogens (tertiary/aromatic N) is 2. The molecule has 1 aromatic carbocycles. The number of anilines is 2. The molecule has 7 nitrogen and oxygen atoms in total. The Morgan fingerprint density at radius 3 is 2.21 bits per heavy atom. The van der Waals surface area contributed by atoms with Crippen molar-refractivity contribution >= 4 is 34.1 Å². The molecule has 3 N–H and O–H groups in total. The summed E-state index contributed by atoms with van der Waals surface area (Å²) in [7, 11) is -2.37. The normalized spacial score (nSPS) is 10.8. The van der Waals surface area contributed by atoms with Crippen LogP contribution in [0.4, 0.5) is 11.6 Å². The van der Waals surface area contributed by atoms with Crippen molar-refractivity contribution in [2.24, 2.45) is 0 Å². The first-order valence-electron chi connectivity index (χ1n) is 8.19. The summed E-state index contributed by atoms with van der Waals surface area (Å²) in [5.74, 6) is 0.840. The lowest BCUT2D eigenvalue weighted by Gasteiger charge is -2.15. The van der Waals surface area contributed by atoms with Gasteiger partial charge in [-0.3, -0.25) is 4.72 Å². The van der Waals surface area contributed by atoms with E-state index in [-0.39, 0.29) is 29.1 Å². The molecule has 0 fully saturated rings. The molecule has 0 bridgehead atoms. The molecule has 0 atom stereocenters. The van der Waals surface area contributed by atoms with Crippen molar-refractivity contribution in [1.82, 2.24) is 9.97 Å². The van der Waals surface area contributed by atoms with Crippen LogP contribution in [0.25, 0.3) is 11.3 Å². The highest BCUT2D eigenvalue weighted by atomic mass is 35.5. The quantitative estimate of drug-likeness (QED) is 0.653. The van der Waals surface area contributed by atoms with E-state index in [4.69, 9.17) is 10.5 Å². The lowest BCUT2D eigenvalue weighted by molar-refractivity contribution is 0.415. The van der Waals surface area contributed by atoms with Crippen LogP contribution in [0, 0.1) is 13.8 Å². The summed E-state index contributed by atoms with van der Waals surface area (Å²) in [5.41, 5.74) is 9.07. The van der Waals surface area contributed by atoms with Crippen LogP contribution in [0.5, 0.6) is 5.75 Å². The number of halogens is 1. The summed E-state index contributed by atoms with van der Waals surface area (Å²) >= 11 is 0. The van der Waals surface area contributed by atoms with Gasteiger partial charge in [-0.25, -0.2) is 9.97 Å². The van der Waals surface area contributed by atoms with Crippen molar-refractivity contribution in [3.63, 3.8) is 0 Å². The smallest absolute Gasteiger partial charge is 0.280 e. The minimum absolute atomic E-state index is 0. The maximum Gasteiger partial charge on any atom is 0.280 e. The van der Waals surface area contributed by atoms with Crippen LogP contribution < -0.4 is 15.2 Å². The summed E-state index contributed by atoms with van der Waals surface area (Å²) < 4.78 is 33.1. The Bertz CT molecular complexity index is 1080. The number of nitrogen functional groups attached to an aromatic ring is 1. The summed E-state index contributed by atoms with van der Waals surface area (Å²) in [6, 6.07) is 13.5. The molecule has 28 heavy (non-hydrogen) atoms. The first-order valence-corrected chi connectivity index (χ1v) is 9.67. The Labute approximate surface area is 170 Å². The Hall–Kier alpha value is -2.84. The highest BCUT2D eigenvalue weighted by molar-refractivity contribution is 7.92. The maximum atomic E-state index is 12.6. The number of aromatic nitrogens is 2. The van der Waals surface area contributed by atoms with Crippen molar-refractivity contribution in [3.05, 3.63) is 59.7 Å². The monoisotopic (exact) mass is 420 g/mol. The zero-order chi connectivity index (χ0) is 19.6. The first kappa shape index (κ1) is 21.5. The number of rotatable bonds is 5. The van der Waals surface area contributed by atoms with Crippen LogP contribution in [-0.2, 0) is 10.0 Å². The van der Waals surface area contributed by atoms with Gasteiger partial charge in [-0.1, -0.05) is 24.3 Å². The van der Waals surface area contributed by atoms with Crippen LogP contribution in [0.15, 0.2) is 53.6 Å². The van der Waals surface area contributed by atoms with Crippen molar-refractivity contribution in [2.45, 2.75) is 18.9 Å². The molecule has 0 radical (unpaired) electrons. The Morgan fingerprint density at radius 1 is 0.964 bits per heavy atom. The molecule has 0 saturated carbocycles. The van der Waals surface area contributed by atoms with Crippen molar-refractivity contribution in [1.29, 1.82) is 0 Å². The molecule has 2 aromatic heterocycles. The van der Waals surface area contributed by atoms with E-state index in [0.717, 1.165) is 16.7 Å². The molecule has 148 valence electrons. The van der Waals surface area contributed by atoms with E-state index < -0.39 is 10.0 Å². The van der Waals surface area contributed by atoms with Gasteiger partial charge < -0.3 is 10.5 Å². The molecule has 3 aromatic rings. The summed E-state index contributed by atoms with van der Waals surface area (Å²) in [6.45, 7) is 3.94. The fraction of sp³-hybridized carbons (Fsp3) is 0.158. The van der Waals surface area contributed by atoms with Crippen molar-refractivity contribution < 1.29 is 13.2 Å². The third kappa shape index (κ3) is 4.35. The van der Waals surface area contributed by atoms with E-state index in [1.54, 1.807) is 19.2 Å². The number of nitrogens with two attached hydrogens (primary N) is 1. The molecular weight excluding hydrogens is 400 g/mol. The van der Waals surface area contributed by atoms with E-state index >= 15 is 0 Å². The summed E-state index contributed by atoms with van der Waals surface area (Å²) in [4.78, 5) is 8.35. The molecule has 0 spiro atoms. The average molecular weight is 421 g/mol. The number of pyridine rings is 2. The van der Waals surface area contributed by atoms with Gasteiger partial charge in [-0.05, 0) is 49.2 Å². The average Bonchev–Trinajstić information content (AvgIpc) is 2.61. The number of sulfonamides is 1. The molecule has 0 amide bonds. The van der Waals surface area contributed by atoms with E-state index in [0.29, 0.717) is 11.4 Å². The third-order valence-electron chi connectivity index (χ3n) is 4.06. The molecule has 0 unspecified atom stereocenters. The minimum atomic E-state index is -3.92. The second-order valence-electron chi connectivity index (χ2n) is 6.02. The zero-order valence-electron chi connectivity index (χ0n) is 15.6. The van der Waals surface area contributed by atoms with Gasteiger partial charge in [0.2, 0.25) is 0 Å². The number of methoxy groups -OCH3 is 1. The van der Waals surface area contributed by atoms with Crippen LogP contribution in [0.3, 0.4) is 0 Å². The number of hydrogen-bond donors (Lipinski definition) is 2. The van der Waals surface area contributed by atoms with Crippen LogP contribution in [0.2, 0.25) is 0 Å². The third-order valence-corrected chi connectivity index (χ3v) is 5.31. The molecule has 0 saturated heterocycles. The van der Waals surface area contributed by atoms with Gasteiger partial charge in [0.1, 0.15) is 23.1 Å². The van der Waals surface area contributed by atoms with Gasteiger partial charge in [0.05, 0.1) is 7.11 Å². The Balaban J connectivity index is 0.00000280. The van der Waals surface area contributed by atoms with Gasteiger partial charge in [-0.2, -0.15) is 8.42 Å². The fourth-order valence-electron chi connectivity index (χ4n) is 2.81. The van der Waals surface area contributed by atoms with E-state index in [9.17, 15) is 8.42 Å². The van der Waals surface area contributed by atoms with Gasteiger partial charge in [0, 0.05) is 5.56 Å². The highest BCUT2D eigenvalue weighted by Crippen LogP contribution is 2.34. The van der Waals surface area contributed by atoms with Gasteiger partial charge >= 0.3 is 0 Å².